The summed E-state index contributed by atoms with van der Waals surface area (Å²) in [5, 5.41) is 23.3. The standard InChI is InChI=1S/C18H23N3O4S/c1-11-10-18(3,4)20(22)15-6-5-13(9-14(11)15)17-19-12(2)16(26-17)7-8-25-21(23)24/h5-6,9,11,20H,7-8,10H2,1-4H3. The Morgan fingerprint density at radius 2 is 2.19 bits per heavy atom. The topological polar surface area (TPSA) is 92.8 Å². The van der Waals surface area contributed by atoms with Crippen LogP contribution in [0.5, 0.6) is 0 Å². The molecule has 2 aromatic rings. The Morgan fingerprint density at radius 1 is 1.46 bits per heavy atom. The highest BCUT2D eigenvalue weighted by Crippen LogP contribution is 2.37. The van der Waals surface area contributed by atoms with Crippen molar-refractivity contribution in [2.75, 3.05) is 6.61 Å². The third kappa shape index (κ3) is 3.58. The van der Waals surface area contributed by atoms with Gasteiger partial charge in [-0.15, -0.1) is 21.5 Å². The highest BCUT2D eigenvalue weighted by atomic mass is 32.1. The quantitative estimate of drug-likeness (QED) is 0.491. The van der Waals surface area contributed by atoms with E-state index in [1.165, 1.54) is 11.3 Å². The maximum absolute atomic E-state index is 12.7. The summed E-state index contributed by atoms with van der Waals surface area (Å²) < 4.78 is 0. The summed E-state index contributed by atoms with van der Waals surface area (Å²) in [4.78, 5) is 20.3. The molecular formula is C18H23N3O4S. The Hall–Kier alpha value is -2.03. The van der Waals surface area contributed by atoms with Crippen molar-refractivity contribution in [3.8, 4) is 10.6 Å². The summed E-state index contributed by atoms with van der Waals surface area (Å²) in [6, 6.07) is 5.93. The highest BCUT2D eigenvalue weighted by Gasteiger charge is 2.37. The van der Waals surface area contributed by atoms with Gasteiger partial charge in [-0.2, -0.15) is 0 Å². The van der Waals surface area contributed by atoms with Gasteiger partial charge in [-0.25, -0.2) is 4.98 Å². The first-order valence-corrected chi connectivity index (χ1v) is 9.43. The summed E-state index contributed by atoms with van der Waals surface area (Å²) in [6.07, 6.45) is 1.29. The molecule has 1 aliphatic heterocycles. The maximum Gasteiger partial charge on any atom is 0.294 e. The number of benzene rings is 1. The minimum Gasteiger partial charge on any atom is -0.628 e. The first-order chi connectivity index (χ1) is 12.2. The molecular weight excluding hydrogens is 354 g/mol. The predicted octanol–water partition coefficient (Wildman–Crippen LogP) is 3.17. The molecule has 2 atom stereocenters. The lowest BCUT2D eigenvalue weighted by Gasteiger charge is -2.44. The number of nitrogens with zero attached hydrogens (tertiary/aromatic N) is 2. The maximum atomic E-state index is 12.7. The van der Waals surface area contributed by atoms with Crippen LogP contribution in [-0.4, -0.2) is 22.2 Å². The van der Waals surface area contributed by atoms with Crippen molar-refractivity contribution in [3.05, 3.63) is 49.7 Å². The van der Waals surface area contributed by atoms with Crippen LogP contribution in [0.3, 0.4) is 0 Å². The molecule has 1 aromatic carbocycles. The third-order valence-electron chi connectivity index (χ3n) is 4.92. The van der Waals surface area contributed by atoms with Crippen molar-refractivity contribution in [2.45, 2.75) is 52.0 Å². The lowest BCUT2D eigenvalue weighted by atomic mass is 9.81. The minimum absolute atomic E-state index is 0.0281. The van der Waals surface area contributed by atoms with Gasteiger partial charge in [0, 0.05) is 34.9 Å². The Labute approximate surface area is 156 Å². The fraction of sp³-hybridized carbons (Fsp3) is 0.500. The molecule has 2 heterocycles. The van der Waals surface area contributed by atoms with Crippen LogP contribution >= 0.6 is 11.3 Å². The van der Waals surface area contributed by atoms with Gasteiger partial charge in [0.15, 0.2) is 0 Å². The summed E-state index contributed by atoms with van der Waals surface area (Å²) in [5.41, 5.74) is 3.41. The van der Waals surface area contributed by atoms with E-state index < -0.39 is 5.09 Å². The molecule has 7 nitrogen and oxygen atoms in total. The van der Waals surface area contributed by atoms with Gasteiger partial charge in [0.25, 0.3) is 5.09 Å². The van der Waals surface area contributed by atoms with E-state index in [1.807, 2.05) is 32.9 Å². The van der Waals surface area contributed by atoms with E-state index in [4.69, 9.17) is 0 Å². The zero-order valence-corrected chi connectivity index (χ0v) is 16.2. The lowest BCUT2D eigenvalue weighted by Crippen LogP contribution is -3.11. The summed E-state index contributed by atoms with van der Waals surface area (Å²) in [5.74, 6) is 0.312. The largest absolute Gasteiger partial charge is 0.628 e. The highest BCUT2D eigenvalue weighted by molar-refractivity contribution is 7.15. The number of quaternary nitrogens is 1. The van der Waals surface area contributed by atoms with E-state index in [1.54, 1.807) is 0 Å². The van der Waals surface area contributed by atoms with Gasteiger partial charge >= 0.3 is 0 Å². The smallest absolute Gasteiger partial charge is 0.294 e. The van der Waals surface area contributed by atoms with E-state index in [0.717, 1.165) is 38.8 Å². The number of rotatable bonds is 5. The molecule has 0 fully saturated rings. The number of hydroxylamine groups is 1. The van der Waals surface area contributed by atoms with Crippen LogP contribution < -0.4 is 5.06 Å². The molecule has 2 unspecified atom stereocenters. The molecule has 0 saturated heterocycles. The molecule has 1 N–H and O–H groups in total. The van der Waals surface area contributed by atoms with E-state index >= 15 is 0 Å². The lowest BCUT2D eigenvalue weighted by molar-refractivity contribution is -0.839. The molecule has 0 saturated carbocycles. The van der Waals surface area contributed by atoms with Crippen LogP contribution in [0.15, 0.2) is 18.2 Å². The first-order valence-electron chi connectivity index (χ1n) is 8.62. The third-order valence-corrected chi connectivity index (χ3v) is 6.19. The zero-order valence-electron chi connectivity index (χ0n) is 15.4. The second-order valence-corrected chi connectivity index (χ2v) is 8.54. The van der Waals surface area contributed by atoms with Crippen LogP contribution in [0.25, 0.3) is 10.6 Å². The van der Waals surface area contributed by atoms with Crippen LogP contribution in [-0.2, 0) is 11.3 Å². The van der Waals surface area contributed by atoms with Crippen molar-refractivity contribution in [1.29, 1.82) is 0 Å². The molecule has 1 aromatic heterocycles. The normalized spacial score (nSPS) is 21.3. The summed E-state index contributed by atoms with van der Waals surface area (Å²) >= 11 is 1.52. The summed E-state index contributed by atoms with van der Waals surface area (Å²) in [7, 11) is 0. The van der Waals surface area contributed by atoms with Crippen molar-refractivity contribution in [2.24, 2.45) is 0 Å². The van der Waals surface area contributed by atoms with Crippen molar-refractivity contribution >= 4 is 17.0 Å². The number of fused-ring (bicyclic) bond motifs is 1. The SMILES string of the molecule is Cc1nc(-c2ccc3c(c2)C(C)CC(C)(C)[NH+]3[O-])sc1CCO[N+](=O)[O-]. The molecule has 0 amide bonds. The van der Waals surface area contributed by atoms with Crippen LogP contribution in [0, 0.1) is 22.2 Å². The van der Waals surface area contributed by atoms with Gasteiger partial charge in [0.1, 0.15) is 17.3 Å². The molecule has 0 spiro atoms. The van der Waals surface area contributed by atoms with E-state index in [-0.39, 0.29) is 17.2 Å². The number of hydrogen-bond donors (Lipinski definition) is 1. The molecule has 1 aliphatic rings. The van der Waals surface area contributed by atoms with Gasteiger partial charge in [-0.1, -0.05) is 6.92 Å². The zero-order chi connectivity index (χ0) is 19.1. The van der Waals surface area contributed by atoms with Gasteiger partial charge < -0.3 is 15.1 Å². The van der Waals surface area contributed by atoms with Crippen molar-refractivity contribution < 1.29 is 15.0 Å². The van der Waals surface area contributed by atoms with Gasteiger partial charge in [-0.05, 0) is 38.8 Å². The van der Waals surface area contributed by atoms with Crippen LogP contribution in [0.4, 0.5) is 5.69 Å². The van der Waals surface area contributed by atoms with Crippen molar-refractivity contribution in [1.82, 2.24) is 4.98 Å². The molecule has 3 rings (SSSR count). The van der Waals surface area contributed by atoms with Gasteiger partial charge in [0.2, 0.25) is 0 Å². The molecule has 0 radical (unpaired) electrons. The predicted molar refractivity (Wildman–Crippen MR) is 100 cm³/mol. The number of hydrogen-bond acceptors (Lipinski definition) is 6. The average molecular weight is 377 g/mol. The number of aromatic nitrogens is 1. The molecule has 140 valence electrons. The number of thiazole rings is 1. The van der Waals surface area contributed by atoms with E-state index in [2.05, 4.69) is 22.8 Å². The number of aryl methyl sites for hydroxylation is 1. The van der Waals surface area contributed by atoms with Crippen LogP contribution in [0.1, 0.15) is 49.2 Å². The Balaban J connectivity index is 1.87. The van der Waals surface area contributed by atoms with Crippen molar-refractivity contribution in [3.63, 3.8) is 0 Å². The van der Waals surface area contributed by atoms with Crippen LogP contribution in [0.2, 0.25) is 0 Å². The second-order valence-electron chi connectivity index (χ2n) is 7.45. The Kier molecular flexibility index (Phi) is 5.01. The Bertz CT molecular complexity index is 834. The first kappa shape index (κ1) is 18.8. The molecule has 26 heavy (non-hydrogen) atoms. The fourth-order valence-corrected chi connectivity index (χ4v) is 4.68. The fourth-order valence-electron chi connectivity index (χ4n) is 3.64. The van der Waals surface area contributed by atoms with Gasteiger partial charge in [-0.3, -0.25) is 0 Å². The molecule has 0 bridgehead atoms. The summed E-state index contributed by atoms with van der Waals surface area (Å²) in [6.45, 7) is 8.09. The monoisotopic (exact) mass is 377 g/mol. The minimum atomic E-state index is -0.777. The molecule has 8 heteroatoms. The molecule has 0 aliphatic carbocycles. The van der Waals surface area contributed by atoms with Gasteiger partial charge in [0.05, 0.1) is 11.2 Å². The van der Waals surface area contributed by atoms with E-state index in [0.29, 0.717) is 12.3 Å². The second kappa shape index (κ2) is 6.94. The average Bonchev–Trinajstić information content (AvgIpc) is 2.93. The number of nitrogens with one attached hydrogen (secondary N) is 1. The van der Waals surface area contributed by atoms with E-state index in [9.17, 15) is 15.3 Å². The Morgan fingerprint density at radius 3 is 2.88 bits per heavy atom.